The van der Waals surface area contributed by atoms with Gasteiger partial charge in [0.25, 0.3) is 0 Å². The van der Waals surface area contributed by atoms with E-state index in [2.05, 4.69) is 5.32 Å². The second kappa shape index (κ2) is 1.43. The average Bonchev–Trinajstić information content (AvgIpc) is 1.81. The predicted octanol–water partition coefficient (Wildman–Crippen LogP) is -0.676. The van der Waals surface area contributed by atoms with Crippen LogP contribution < -0.4 is 16.2 Å². The standard InChI is InChI=1S/C5H5NO2/c1-6-3-2-4(7)5(3)8/h2,6H,1H3. The molecule has 1 rings (SSSR count). The van der Waals surface area contributed by atoms with Crippen LogP contribution in [0.4, 0.5) is 5.69 Å². The molecule has 1 aromatic carbocycles. The van der Waals surface area contributed by atoms with Gasteiger partial charge in [0, 0.05) is 13.1 Å². The van der Waals surface area contributed by atoms with Crippen molar-refractivity contribution in [1.29, 1.82) is 0 Å². The van der Waals surface area contributed by atoms with E-state index in [1.54, 1.807) is 7.05 Å². The number of anilines is 1. The van der Waals surface area contributed by atoms with Gasteiger partial charge in [0.15, 0.2) is 0 Å². The van der Waals surface area contributed by atoms with Gasteiger partial charge in [-0.1, -0.05) is 0 Å². The van der Waals surface area contributed by atoms with Gasteiger partial charge < -0.3 is 5.32 Å². The quantitative estimate of drug-likeness (QED) is 0.488. The predicted molar refractivity (Wildman–Crippen MR) is 30.9 cm³/mol. The third-order valence-electron chi connectivity index (χ3n) is 1.01. The molecule has 0 aliphatic heterocycles. The molecule has 0 fully saturated rings. The van der Waals surface area contributed by atoms with Crippen molar-refractivity contribution in [3.63, 3.8) is 0 Å². The fourth-order valence-corrected chi connectivity index (χ4v) is 0.503. The zero-order valence-corrected chi connectivity index (χ0v) is 4.39. The molecule has 0 aromatic heterocycles. The molecule has 1 aromatic rings. The SMILES string of the molecule is CNc1cc(=O)c1=O. The van der Waals surface area contributed by atoms with E-state index < -0.39 is 10.9 Å². The molecule has 0 unspecified atom stereocenters. The summed E-state index contributed by atoms with van der Waals surface area (Å²) in [5.41, 5.74) is -0.406. The van der Waals surface area contributed by atoms with Crippen molar-refractivity contribution in [2.24, 2.45) is 0 Å². The summed E-state index contributed by atoms with van der Waals surface area (Å²) in [6.45, 7) is 0. The van der Waals surface area contributed by atoms with Crippen LogP contribution in [0.3, 0.4) is 0 Å². The van der Waals surface area contributed by atoms with Gasteiger partial charge in [0.2, 0.25) is 10.9 Å². The smallest absolute Gasteiger partial charge is 0.248 e. The summed E-state index contributed by atoms with van der Waals surface area (Å²) >= 11 is 0. The Kier molecular flexibility index (Phi) is 0.901. The van der Waals surface area contributed by atoms with Crippen LogP contribution in [0.1, 0.15) is 0 Å². The lowest BCUT2D eigenvalue weighted by atomic mass is 10.3. The highest BCUT2D eigenvalue weighted by atomic mass is 16.2. The zero-order valence-electron chi connectivity index (χ0n) is 4.39. The van der Waals surface area contributed by atoms with Gasteiger partial charge in [-0.2, -0.15) is 0 Å². The van der Waals surface area contributed by atoms with Crippen LogP contribution in [0.15, 0.2) is 15.7 Å². The molecular weight excluding hydrogens is 106 g/mol. The van der Waals surface area contributed by atoms with E-state index in [9.17, 15) is 9.59 Å². The Morgan fingerprint density at radius 3 is 2.25 bits per heavy atom. The molecular formula is C5H5NO2. The zero-order chi connectivity index (χ0) is 6.15. The fourth-order valence-electron chi connectivity index (χ4n) is 0.503. The molecule has 0 heterocycles. The monoisotopic (exact) mass is 111 g/mol. The van der Waals surface area contributed by atoms with Crippen LogP contribution in [0.5, 0.6) is 0 Å². The van der Waals surface area contributed by atoms with Gasteiger partial charge in [-0.3, -0.25) is 9.59 Å². The third kappa shape index (κ3) is 0.443. The number of hydrogen-bond acceptors (Lipinski definition) is 3. The highest BCUT2D eigenvalue weighted by molar-refractivity contribution is 5.46. The molecule has 0 saturated heterocycles. The topological polar surface area (TPSA) is 46.2 Å². The Hall–Kier alpha value is -1.12. The first-order chi connectivity index (χ1) is 3.75. The lowest BCUT2D eigenvalue weighted by Crippen LogP contribution is -2.31. The van der Waals surface area contributed by atoms with Crippen molar-refractivity contribution in [2.45, 2.75) is 0 Å². The molecule has 1 N–H and O–H groups in total. The molecule has 0 saturated carbocycles. The Morgan fingerprint density at radius 1 is 1.50 bits per heavy atom. The summed E-state index contributed by atoms with van der Waals surface area (Å²) in [6.07, 6.45) is 0. The maximum absolute atomic E-state index is 10.3. The summed E-state index contributed by atoms with van der Waals surface area (Å²) < 4.78 is 0. The molecule has 0 amide bonds. The first-order valence-electron chi connectivity index (χ1n) is 2.24. The van der Waals surface area contributed by atoms with Gasteiger partial charge in [-0.15, -0.1) is 0 Å². The van der Waals surface area contributed by atoms with Gasteiger partial charge in [0.1, 0.15) is 0 Å². The number of hydrogen-bond donors (Lipinski definition) is 1. The van der Waals surface area contributed by atoms with Crippen LogP contribution in [0.2, 0.25) is 0 Å². The Labute approximate surface area is 45.6 Å². The second-order valence-electron chi connectivity index (χ2n) is 1.50. The van der Waals surface area contributed by atoms with E-state index in [1.807, 2.05) is 0 Å². The molecule has 3 nitrogen and oxygen atoms in total. The molecule has 3 heteroatoms. The lowest BCUT2D eigenvalue weighted by molar-refractivity contribution is 1.36. The van der Waals surface area contributed by atoms with Crippen molar-refractivity contribution in [3.05, 3.63) is 26.5 Å². The largest absolute Gasteiger partial charge is 0.385 e. The summed E-state index contributed by atoms with van der Waals surface area (Å²) in [5.74, 6) is 0. The highest BCUT2D eigenvalue weighted by Crippen LogP contribution is 1.89. The van der Waals surface area contributed by atoms with E-state index in [0.29, 0.717) is 5.69 Å². The summed E-state index contributed by atoms with van der Waals surface area (Å²) in [7, 11) is 1.61. The van der Waals surface area contributed by atoms with Crippen LogP contribution in [0.25, 0.3) is 0 Å². The summed E-state index contributed by atoms with van der Waals surface area (Å²) in [4.78, 5) is 20.4. The van der Waals surface area contributed by atoms with E-state index in [4.69, 9.17) is 0 Å². The first-order valence-corrected chi connectivity index (χ1v) is 2.24. The lowest BCUT2D eigenvalue weighted by Gasteiger charge is -1.95. The Morgan fingerprint density at radius 2 is 2.12 bits per heavy atom. The van der Waals surface area contributed by atoms with E-state index >= 15 is 0 Å². The van der Waals surface area contributed by atoms with Gasteiger partial charge >= 0.3 is 0 Å². The van der Waals surface area contributed by atoms with Crippen molar-refractivity contribution in [1.82, 2.24) is 0 Å². The van der Waals surface area contributed by atoms with E-state index in [1.165, 1.54) is 6.07 Å². The van der Waals surface area contributed by atoms with Crippen LogP contribution in [-0.2, 0) is 0 Å². The first kappa shape index (κ1) is 5.03. The minimum atomic E-state index is -0.410. The minimum Gasteiger partial charge on any atom is -0.385 e. The van der Waals surface area contributed by atoms with Gasteiger partial charge in [-0.25, -0.2) is 0 Å². The summed E-state index contributed by atoms with van der Waals surface area (Å²) in [6, 6.07) is 1.28. The normalized spacial score (nSPS) is 9.62. The number of nitrogens with one attached hydrogen (secondary N) is 1. The minimum absolute atomic E-state index is 0.408. The average molecular weight is 111 g/mol. The van der Waals surface area contributed by atoms with Crippen molar-refractivity contribution in [3.8, 4) is 0 Å². The molecule has 0 spiro atoms. The van der Waals surface area contributed by atoms with Crippen molar-refractivity contribution in [2.75, 3.05) is 12.4 Å². The maximum atomic E-state index is 10.3. The third-order valence-corrected chi connectivity index (χ3v) is 1.01. The van der Waals surface area contributed by atoms with E-state index in [0.717, 1.165) is 0 Å². The molecule has 0 aliphatic carbocycles. The molecule has 8 heavy (non-hydrogen) atoms. The van der Waals surface area contributed by atoms with Crippen LogP contribution in [-0.4, -0.2) is 7.05 Å². The van der Waals surface area contributed by atoms with Gasteiger partial charge in [0.05, 0.1) is 5.69 Å². The van der Waals surface area contributed by atoms with Crippen molar-refractivity contribution < 1.29 is 0 Å². The van der Waals surface area contributed by atoms with Crippen molar-refractivity contribution >= 4 is 5.69 Å². The van der Waals surface area contributed by atoms with Crippen LogP contribution >= 0.6 is 0 Å². The fraction of sp³-hybridized carbons (Fsp3) is 0.200. The molecule has 0 aliphatic rings. The molecule has 42 valence electrons. The molecule has 0 bridgehead atoms. The van der Waals surface area contributed by atoms with Crippen LogP contribution in [0, 0.1) is 0 Å². The number of rotatable bonds is 1. The molecule has 0 atom stereocenters. The van der Waals surface area contributed by atoms with Gasteiger partial charge in [-0.05, 0) is 0 Å². The Balaban J connectivity index is 3.11. The highest BCUT2D eigenvalue weighted by Gasteiger charge is 2.04. The Bertz CT molecular complexity index is 257. The second-order valence-corrected chi connectivity index (χ2v) is 1.50. The van der Waals surface area contributed by atoms with E-state index in [-0.39, 0.29) is 0 Å². The maximum Gasteiger partial charge on any atom is 0.248 e. The summed E-state index contributed by atoms with van der Waals surface area (Å²) in [5, 5.41) is 2.57. The molecule has 0 radical (unpaired) electrons.